The zero-order valence-corrected chi connectivity index (χ0v) is 7.10. The fraction of sp³-hybridized carbons (Fsp3) is 0.889. The summed E-state index contributed by atoms with van der Waals surface area (Å²) in [6.45, 7) is 2.10. The Balaban J connectivity index is 1.64. The Morgan fingerprint density at radius 2 is 2.33 bits per heavy atom. The fourth-order valence-electron chi connectivity index (χ4n) is 2.22. The van der Waals surface area contributed by atoms with Crippen molar-refractivity contribution in [3.05, 3.63) is 0 Å². The molecule has 2 atom stereocenters. The molecule has 2 saturated carbocycles. The monoisotopic (exact) mass is 166 g/mol. The lowest BCUT2D eigenvalue weighted by Gasteiger charge is -2.13. The molecule has 0 unspecified atom stereocenters. The maximum absolute atomic E-state index is 11.5. The van der Waals surface area contributed by atoms with E-state index in [2.05, 4.69) is 10.6 Å². The lowest BCUT2D eigenvalue weighted by atomic mass is 10.2. The topological polar surface area (TPSA) is 41.1 Å². The van der Waals surface area contributed by atoms with Gasteiger partial charge in [0.1, 0.15) is 0 Å². The standard InChI is InChI=1S/C9H14N2O/c12-8(6-1-2-6)11-9-3-7(9)4-10-5-9/h6-7,10H,1-5H2,(H,11,12)/t7-,9+/m0/s1. The molecule has 0 aromatic carbocycles. The van der Waals surface area contributed by atoms with E-state index < -0.39 is 0 Å². The molecule has 3 rings (SSSR count). The molecular weight excluding hydrogens is 152 g/mol. The molecule has 3 nitrogen and oxygen atoms in total. The van der Waals surface area contributed by atoms with Crippen LogP contribution in [0.1, 0.15) is 19.3 Å². The Labute approximate surface area is 71.9 Å². The normalized spacial score (nSPS) is 43.8. The highest BCUT2D eigenvalue weighted by atomic mass is 16.2. The number of nitrogens with one attached hydrogen (secondary N) is 2. The number of rotatable bonds is 2. The minimum absolute atomic E-state index is 0.194. The van der Waals surface area contributed by atoms with Crippen LogP contribution in [-0.2, 0) is 4.79 Å². The molecule has 1 aliphatic heterocycles. The molecule has 1 saturated heterocycles. The van der Waals surface area contributed by atoms with Crippen molar-refractivity contribution < 1.29 is 4.79 Å². The fourth-order valence-corrected chi connectivity index (χ4v) is 2.22. The number of hydrogen-bond donors (Lipinski definition) is 2. The molecule has 66 valence electrons. The lowest BCUT2D eigenvalue weighted by Crippen LogP contribution is -2.42. The van der Waals surface area contributed by atoms with Gasteiger partial charge in [-0.15, -0.1) is 0 Å². The summed E-state index contributed by atoms with van der Waals surface area (Å²) in [6.07, 6.45) is 3.43. The van der Waals surface area contributed by atoms with Crippen LogP contribution in [0.5, 0.6) is 0 Å². The molecular formula is C9H14N2O. The molecule has 0 aromatic rings. The van der Waals surface area contributed by atoms with Crippen LogP contribution in [0.4, 0.5) is 0 Å². The summed E-state index contributed by atoms with van der Waals surface area (Å²) >= 11 is 0. The van der Waals surface area contributed by atoms with Gasteiger partial charge < -0.3 is 10.6 Å². The summed E-state index contributed by atoms with van der Waals surface area (Å²) in [5.41, 5.74) is 0.194. The van der Waals surface area contributed by atoms with Crippen molar-refractivity contribution in [1.29, 1.82) is 0 Å². The smallest absolute Gasteiger partial charge is 0.223 e. The van der Waals surface area contributed by atoms with Crippen LogP contribution in [0.15, 0.2) is 0 Å². The highest BCUT2D eigenvalue weighted by Crippen LogP contribution is 2.46. The predicted octanol–water partition coefficient (Wildman–Crippen LogP) is -0.126. The maximum atomic E-state index is 11.5. The van der Waals surface area contributed by atoms with Crippen molar-refractivity contribution in [1.82, 2.24) is 10.6 Å². The number of hydrogen-bond acceptors (Lipinski definition) is 2. The van der Waals surface area contributed by atoms with Gasteiger partial charge in [-0.3, -0.25) is 4.79 Å². The van der Waals surface area contributed by atoms with Gasteiger partial charge in [-0.25, -0.2) is 0 Å². The number of fused-ring (bicyclic) bond motifs is 1. The van der Waals surface area contributed by atoms with Crippen LogP contribution >= 0.6 is 0 Å². The second-order valence-corrected chi connectivity index (χ2v) is 4.45. The Bertz CT molecular complexity index is 237. The van der Waals surface area contributed by atoms with Crippen LogP contribution in [0.25, 0.3) is 0 Å². The van der Waals surface area contributed by atoms with E-state index in [9.17, 15) is 4.79 Å². The van der Waals surface area contributed by atoms with Crippen molar-refractivity contribution in [3.63, 3.8) is 0 Å². The van der Waals surface area contributed by atoms with Gasteiger partial charge in [0.25, 0.3) is 0 Å². The molecule has 0 aromatic heterocycles. The molecule has 12 heavy (non-hydrogen) atoms. The molecule has 2 aliphatic carbocycles. The van der Waals surface area contributed by atoms with Crippen LogP contribution in [0, 0.1) is 11.8 Å². The van der Waals surface area contributed by atoms with Gasteiger partial charge >= 0.3 is 0 Å². The molecule has 2 N–H and O–H groups in total. The van der Waals surface area contributed by atoms with Crippen molar-refractivity contribution in [3.8, 4) is 0 Å². The molecule has 0 bridgehead atoms. The molecule has 3 fully saturated rings. The first-order chi connectivity index (χ1) is 5.80. The first-order valence-electron chi connectivity index (χ1n) is 4.83. The van der Waals surface area contributed by atoms with E-state index in [1.807, 2.05) is 0 Å². The largest absolute Gasteiger partial charge is 0.349 e. The Kier molecular flexibility index (Phi) is 1.16. The van der Waals surface area contributed by atoms with Gasteiger partial charge in [0.05, 0.1) is 5.54 Å². The van der Waals surface area contributed by atoms with Gasteiger partial charge in [0, 0.05) is 19.0 Å². The van der Waals surface area contributed by atoms with Gasteiger partial charge in [-0.2, -0.15) is 0 Å². The SMILES string of the molecule is O=C(N[C@]12CNC[C@@H]1C2)C1CC1. The predicted molar refractivity (Wildman–Crippen MR) is 44.6 cm³/mol. The highest BCUT2D eigenvalue weighted by molar-refractivity contribution is 5.82. The Hall–Kier alpha value is -0.570. The third-order valence-electron chi connectivity index (χ3n) is 3.38. The van der Waals surface area contributed by atoms with Gasteiger partial charge in [0.15, 0.2) is 0 Å². The van der Waals surface area contributed by atoms with E-state index in [0.717, 1.165) is 31.8 Å². The zero-order valence-electron chi connectivity index (χ0n) is 7.10. The molecule has 3 heteroatoms. The average molecular weight is 166 g/mol. The van der Waals surface area contributed by atoms with E-state index in [1.54, 1.807) is 0 Å². The van der Waals surface area contributed by atoms with E-state index in [-0.39, 0.29) is 5.54 Å². The first kappa shape index (κ1) is 6.89. The van der Waals surface area contributed by atoms with E-state index in [4.69, 9.17) is 0 Å². The van der Waals surface area contributed by atoms with Crippen molar-refractivity contribution in [2.24, 2.45) is 11.8 Å². The van der Waals surface area contributed by atoms with Crippen LogP contribution in [0.3, 0.4) is 0 Å². The summed E-state index contributed by atoms with van der Waals surface area (Å²) in [7, 11) is 0. The summed E-state index contributed by atoms with van der Waals surface area (Å²) in [5.74, 6) is 1.41. The minimum Gasteiger partial charge on any atom is -0.349 e. The Morgan fingerprint density at radius 1 is 1.50 bits per heavy atom. The second kappa shape index (κ2) is 2.02. The van der Waals surface area contributed by atoms with Crippen molar-refractivity contribution in [2.75, 3.05) is 13.1 Å². The molecule has 3 aliphatic rings. The van der Waals surface area contributed by atoms with Crippen LogP contribution < -0.4 is 10.6 Å². The van der Waals surface area contributed by atoms with Gasteiger partial charge in [0.2, 0.25) is 5.91 Å². The average Bonchev–Trinajstić information content (AvgIpc) is 2.92. The Morgan fingerprint density at radius 3 is 2.83 bits per heavy atom. The molecule has 0 spiro atoms. The third-order valence-corrected chi connectivity index (χ3v) is 3.38. The zero-order chi connectivity index (χ0) is 8.18. The molecule has 1 heterocycles. The van der Waals surface area contributed by atoms with Gasteiger partial charge in [-0.05, 0) is 25.2 Å². The number of piperidine rings is 1. The summed E-state index contributed by atoms with van der Waals surface area (Å²) < 4.78 is 0. The molecule has 1 amide bonds. The van der Waals surface area contributed by atoms with E-state index >= 15 is 0 Å². The second-order valence-electron chi connectivity index (χ2n) is 4.45. The quantitative estimate of drug-likeness (QED) is 0.600. The lowest BCUT2D eigenvalue weighted by molar-refractivity contribution is -0.123. The van der Waals surface area contributed by atoms with Crippen LogP contribution in [0.2, 0.25) is 0 Å². The highest BCUT2D eigenvalue weighted by Gasteiger charge is 2.58. The number of amides is 1. The third kappa shape index (κ3) is 0.891. The summed E-state index contributed by atoms with van der Waals surface area (Å²) in [4.78, 5) is 11.5. The number of carbonyl (C=O) groups is 1. The van der Waals surface area contributed by atoms with E-state index in [1.165, 1.54) is 6.42 Å². The molecule has 0 radical (unpaired) electrons. The maximum Gasteiger partial charge on any atom is 0.223 e. The summed E-state index contributed by atoms with van der Waals surface area (Å²) in [5, 5.41) is 6.50. The first-order valence-corrected chi connectivity index (χ1v) is 4.83. The minimum atomic E-state index is 0.194. The summed E-state index contributed by atoms with van der Waals surface area (Å²) in [6, 6.07) is 0. The van der Waals surface area contributed by atoms with Crippen molar-refractivity contribution >= 4 is 5.91 Å². The van der Waals surface area contributed by atoms with Gasteiger partial charge in [-0.1, -0.05) is 0 Å². The van der Waals surface area contributed by atoms with Crippen LogP contribution in [-0.4, -0.2) is 24.5 Å². The van der Waals surface area contributed by atoms with Crippen molar-refractivity contribution in [2.45, 2.75) is 24.8 Å². The van der Waals surface area contributed by atoms with E-state index in [0.29, 0.717) is 11.8 Å². The number of carbonyl (C=O) groups excluding carboxylic acids is 1.